The topological polar surface area (TPSA) is 91.2 Å². The fraction of sp³-hybridized carbons (Fsp3) is 0.0345. The van der Waals surface area contributed by atoms with E-state index in [1.165, 1.54) is 16.7 Å². The Morgan fingerprint density at radius 3 is 2.42 bits per heavy atom. The Morgan fingerprint density at radius 1 is 0.917 bits per heavy atom. The number of nitrogens with zero attached hydrogens (tertiary/aromatic N) is 3. The summed E-state index contributed by atoms with van der Waals surface area (Å²) in [6.07, 6.45) is 3.16. The second-order valence-corrected chi connectivity index (χ2v) is 8.01. The molecule has 2 aromatic heterocycles. The quantitative estimate of drug-likeness (QED) is 0.188. The first kappa shape index (κ1) is 22.6. The molecule has 0 bridgehead atoms. The lowest BCUT2D eigenvalue weighted by molar-refractivity contribution is -0.402. The molecule has 2 heterocycles. The normalized spacial score (nSPS) is 10.9. The van der Waals surface area contributed by atoms with Crippen molar-refractivity contribution in [2.75, 3.05) is 0 Å². The molecule has 0 aliphatic heterocycles. The third kappa shape index (κ3) is 4.56. The minimum atomic E-state index is -0.604. The van der Waals surface area contributed by atoms with Gasteiger partial charge >= 0.3 is 5.88 Å². The smallest absolute Gasteiger partial charge is 0.401 e. The summed E-state index contributed by atoms with van der Waals surface area (Å²) in [5.41, 5.74) is 3.57. The number of para-hydroxylation sites is 1. The third-order valence-corrected chi connectivity index (χ3v) is 5.55. The minimum Gasteiger partial charge on any atom is -0.401 e. The largest absolute Gasteiger partial charge is 0.433 e. The van der Waals surface area contributed by atoms with Gasteiger partial charge in [0.1, 0.15) is 16.5 Å². The molecule has 36 heavy (non-hydrogen) atoms. The molecule has 0 N–H and O–H groups in total. The van der Waals surface area contributed by atoms with Crippen LogP contribution in [0.1, 0.15) is 28.3 Å². The standard InChI is InChI=1S/C29H19N3O4/c1-20-19-22(12-11-21-7-3-2-4-8-21)13-16-26(20)31-27(17-14-23-15-18-28(36-23)32(34)35)30-25-10-6-5-9-24(25)29(31)33/h2-10,13-19H,1H3. The molecule has 3 aromatic carbocycles. The summed E-state index contributed by atoms with van der Waals surface area (Å²) in [5, 5.41) is 11.4. The average molecular weight is 473 g/mol. The van der Waals surface area contributed by atoms with Crippen LogP contribution in [0.25, 0.3) is 28.7 Å². The van der Waals surface area contributed by atoms with Crippen molar-refractivity contribution in [2.24, 2.45) is 0 Å². The highest BCUT2D eigenvalue weighted by Gasteiger charge is 2.14. The van der Waals surface area contributed by atoms with Crippen molar-refractivity contribution in [3.05, 3.63) is 134 Å². The lowest BCUT2D eigenvalue weighted by Crippen LogP contribution is -2.23. The zero-order valence-electron chi connectivity index (χ0n) is 19.2. The maximum atomic E-state index is 13.6. The van der Waals surface area contributed by atoms with E-state index in [-0.39, 0.29) is 17.2 Å². The Balaban J connectivity index is 1.60. The first-order valence-corrected chi connectivity index (χ1v) is 11.1. The average Bonchev–Trinajstić information content (AvgIpc) is 3.37. The molecule has 7 heteroatoms. The number of hydrogen-bond donors (Lipinski definition) is 0. The molecule has 5 rings (SSSR count). The van der Waals surface area contributed by atoms with Crippen LogP contribution in [0.5, 0.6) is 0 Å². The summed E-state index contributed by atoms with van der Waals surface area (Å²) in [5.74, 6) is 6.59. The second kappa shape index (κ2) is 9.57. The molecule has 0 radical (unpaired) electrons. The van der Waals surface area contributed by atoms with Crippen LogP contribution in [0, 0.1) is 28.9 Å². The first-order valence-electron chi connectivity index (χ1n) is 11.1. The molecule has 0 aliphatic rings. The number of benzene rings is 3. The molecule has 0 atom stereocenters. The Bertz CT molecular complexity index is 1750. The number of nitro groups is 1. The summed E-state index contributed by atoms with van der Waals surface area (Å²) < 4.78 is 6.74. The van der Waals surface area contributed by atoms with Crippen molar-refractivity contribution < 1.29 is 9.34 Å². The summed E-state index contributed by atoms with van der Waals surface area (Å²) >= 11 is 0. The lowest BCUT2D eigenvalue weighted by atomic mass is 10.1. The van der Waals surface area contributed by atoms with Crippen molar-refractivity contribution >= 4 is 28.9 Å². The number of aryl methyl sites for hydroxylation is 1. The van der Waals surface area contributed by atoms with E-state index in [1.807, 2.05) is 61.5 Å². The highest BCUT2D eigenvalue weighted by atomic mass is 16.6. The number of furan rings is 1. The highest BCUT2D eigenvalue weighted by molar-refractivity contribution is 5.80. The van der Waals surface area contributed by atoms with E-state index >= 15 is 0 Å². The summed E-state index contributed by atoms with van der Waals surface area (Å²) in [7, 11) is 0. The minimum absolute atomic E-state index is 0.225. The number of aromatic nitrogens is 2. The molecule has 0 unspecified atom stereocenters. The number of rotatable bonds is 4. The molecule has 0 aliphatic carbocycles. The van der Waals surface area contributed by atoms with Crippen molar-refractivity contribution in [1.29, 1.82) is 0 Å². The molecule has 174 valence electrons. The van der Waals surface area contributed by atoms with Gasteiger partial charge in [-0.25, -0.2) is 4.98 Å². The van der Waals surface area contributed by atoms with Crippen molar-refractivity contribution in [1.82, 2.24) is 9.55 Å². The van der Waals surface area contributed by atoms with Crippen molar-refractivity contribution in [2.45, 2.75) is 6.92 Å². The van der Waals surface area contributed by atoms with E-state index in [1.54, 1.807) is 30.4 Å². The van der Waals surface area contributed by atoms with Crippen LogP contribution in [0.4, 0.5) is 5.88 Å². The van der Waals surface area contributed by atoms with Crippen LogP contribution >= 0.6 is 0 Å². The van der Waals surface area contributed by atoms with Gasteiger partial charge < -0.3 is 4.42 Å². The fourth-order valence-electron chi connectivity index (χ4n) is 3.83. The molecule has 0 amide bonds. The number of fused-ring (bicyclic) bond motifs is 1. The van der Waals surface area contributed by atoms with Gasteiger partial charge in [-0.15, -0.1) is 0 Å². The molecule has 7 nitrogen and oxygen atoms in total. The molecule has 0 spiro atoms. The van der Waals surface area contributed by atoms with Crippen LogP contribution in [-0.2, 0) is 0 Å². The maximum Gasteiger partial charge on any atom is 0.433 e. The third-order valence-electron chi connectivity index (χ3n) is 5.55. The maximum absolute atomic E-state index is 13.6. The SMILES string of the molecule is Cc1cc(C#Cc2ccccc2)ccc1-n1c(C=Cc2ccc([N+](=O)[O-])o2)nc2ccccc2c1=O. The van der Waals surface area contributed by atoms with Gasteiger partial charge in [0, 0.05) is 11.1 Å². The van der Waals surface area contributed by atoms with Gasteiger partial charge in [0.25, 0.3) is 5.56 Å². The Kier molecular flexibility index (Phi) is 6.00. The molecular formula is C29H19N3O4. The van der Waals surface area contributed by atoms with Crippen LogP contribution in [0.3, 0.4) is 0 Å². The van der Waals surface area contributed by atoms with Gasteiger partial charge in [-0.1, -0.05) is 42.2 Å². The van der Waals surface area contributed by atoms with E-state index in [0.717, 1.165) is 16.7 Å². The van der Waals surface area contributed by atoms with E-state index in [2.05, 4.69) is 16.8 Å². The molecule has 0 saturated carbocycles. The molecule has 0 fully saturated rings. The first-order chi connectivity index (χ1) is 17.5. The predicted octanol–water partition coefficient (Wildman–Crippen LogP) is 5.77. The van der Waals surface area contributed by atoms with Gasteiger partial charge in [-0.3, -0.25) is 19.5 Å². The summed E-state index contributed by atoms with van der Waals surface area (Å²) in [4.78, 5) is 28.6. The van der Waals surface area contributed by atoms with Gasteiger partial charge in [0.05, 0.1) is 22.7 Å². The van der Waals surface area contributed by atoms with Gasteiger partial charge in [-0.05, 0) is 73.2 Å². The summed E-state index contributed by atoms with van der Waals surface area (Å²) in [6, 6.07) is 25.2. The fourth-order valence-corrected chi connectivity index (χ4v) is 3.83. The predicted molar refractivity (Wildman–Crippen MR) is 139 cm³/mol. The van der Waals surface area contributed by atoms with E-state index < -0.39 is 4.92 Å². The van der Waals surface area contributed by atoms with E-state index in [4.69, 9.17) is 4.42 Å². The van der Waals surface area contributed by atoms with Crippen LogP contribution in [0.15, 0.2) is 94.1 Å². The molecule has 0 saturated heterocycles. The zero-order chi connectivity index (χ0) is 25.1. The van der Waals surface area contributed by atoms with Crippen molar-refractivity contribution in [3.8, 4) is 17.5 Å². The second-order valence-electron chi connectivity index (χ2n) is 8.01. The number of hydrogen-bond acceptors (Lipinski definition) is 5. The van der Waals surface area contributed by atoms with Crippen LogP contribution in [0.2, 0.25) is 0 Å². The van der Waals surface area contributed by atoms with Crippen LogP contribution < -0.4 is 5.56 Å². The van der Waals surface area contributed by atoms with E-state index in [0.29, 0.717) is 22.4 Å². The molecular weight excluding hydrogens is 454 g/mol. The van der Waals surface area contributed by atoms with E-state index in [9.17, 15) is 14.9 Å². The van der Waals surface area contributed by atoms with Gasteiger partial charge in [0.2, 0.25) is 0 Å². The lowest BCUT2D eigenvalue weighted by Gasteiger charge is -2.14. The zero-order valence-corrected chi connectivity index (χ0v) is 19.2. The van der Waals surface area contributed by atoms with Gasteiger partial charge in [-0.2, -0.15) is 0 Å². The van der Waals surface area contributed by atoms with Crippen LogP contribution in [-0.4, -0.2) is 14.5 Å². The van der Waals surface area contributed by atoms with Gasteiger partial charge in [0.15, 0.2) is 0 Å². The Morgan fingerprint density at radius 2 is 1.67 bits per heavy atom. The molecule has 5 aromatic rings. The monoisotopic (exact) mass is 473 g/mol. The Labute approximate surface area is 206 Å². The van der Waals surface area contributed by atoms with Crippen molar-refractivity contribution in [3.63, 3.8) is 0 Å². The summed E-state index contributed by atoms with van der Waals surface area (Å²) in [6.45, 7) is 1.91. The highest BCUT2D eigenvalue weighted by Crippen LogP contribution is 2.21. The Hall–Kier alpha value is -5.22.